The Hall–Kier alpha value is -4.06. The maximum Gasteiger partial charge on any atom is 0.229 e. The van der Waals surface area contributed by atoms with Crippen molar-refractivity contribution >= 4 is 34.3 Å². The van der Waals surface area contributed by atoms with Gasteiger partial charge in [0.05, 0.1) is 31.4 Å². The van der Waals surface area contributed by atoms with Gasteiger partial charge in [-0.25, -0.2) is 4.98 Å². The Labute approximate surface area is 198 Å². The minimum Gasteiger partial charge on any atom is -0.493 e. The van der Waals surface area contributed by atoms with Crippen molar-refractivity contribution in [1.29, 1.82) is 5.26 Å². The van der Waals surface area contributed by atoms with E-state index in [0.717, 1.165) is 41.8 Å². The zero-order valence-electron chi connectivity index (χ0n) is 19.8. The third kappa shape index (κ3) is 4.81. The standard InChI is InChI=1S/C25H28N6O3/c1-15-7-8-18(10-17(15)13-26)28-25-29-21-12-23(34-4)22(33-3)11-20(21)24(30-25)31-9-5-6-19(14-31)27-16(2)32/h7-8,10-12,19H,5-6,9,14H2,1-4H3,(H,27,32)(H,28,29,30)/t19-/m1/s1. The highest BCUT2D eigenvalue weighted by Crippen LogP contribution is 2.37. The summed E-state index contributed by atoms with van der Waals surface area (Å²) in [6, 6.07) is 11.5. The predicted molar refractivity (Wildman–Crippen MR) is 131 cm³/mol. The first kappa shape index (κ1) is 23.1. The van der Waals surface area contributed by atoms with E-state index in [1.807, 2.05) is 31.2 Å². The second-order valence-electron chi connectivity index (χ2n) is 8.35. The molecule has 0 spiro atoms. The largest absolute Gasteiger partial charge is 0.493 e. The Morgan fingerprint density at radius 2 is 1.94 bits per heavy atom. The quantitative estimate of drug-likeness (QED) is 0.573. The number of hydrogen-bond donors (Lipinski definition) is 2. The van der Waals surface area contributed by atoms with Crippen LogP contribution >= 0.6 is 0 Å². The average molecular weight is 461 g/mol. The van der Waals surface area contributed by atoms with Gasteiger partial charge in [0.25, 0.3) is 0 Å². The van der Waals surface area contributed by atoms with Crippen LogP contribution < -0.4 is 25.0 Å². The Morgan fingerprint density at radius 1 is 1.18 bits per heavy atom. The van der Waals surface area contributed by atoms with Gasteiger partial charge in [0.15, 0.2) is 11.5 Å². The van der Waals surface area contributed by atoms with Gasteiger partial charge in [0, 0.05) is 43.2 Å². The van der Waals surface area contributed by atoms with Gasteiger partial charge in [0.2, 0.25) is 11.9 Å². The molecular formula is C25H28N6O3. The monoisotopic (exact) mass is 460 g/mol. The smallest absolute Gasteiger partial charge is 0.229 e. The second-order valence-corrected chi connectivity index (χ2v) is 8.35. The lowest BCUT2D eigenvalue weighted by Crippen LogP contribution is -2.47. The average Bonchev–Trinajstić information content (AvgIpc) is 2.83. The number of nitrogens with one attached hydrogen (secondary N) is 2. The minimum absolute atomic E-state index is 0.0409. The van der Waals surface area contributed by atoms with Crippen molar-refractivity contribution in [3.05, 3.63) is 41.5 Å². The fourth-order valence-electron chi connectivity index (χ4n) is 4.26. The number of amides is 1. The molecule has 9 heteroatoms. The summed E-state index contributed by atoms with van der Waals surface area (Å²) in [6.45, 7) is 4.88. The molecule has 0 unspecified atom stereocenters. The molecule has 0 radical (unpaired) electrons. The molecular weight excluding hydrogens is 432 g/mol. The first-order valence-electron chi connectivity index (χ1n) is 11.2. The van der Waals surface area contributed by atoms with Crippen LogP contribution in [0.4, 0.5) is 17.5 Å². The van der Waals surface area contributed by atoms with Gasteiger partial charge < -0.3 is 25.0 Å². The number of carbonyl (C=O) groups is 1. The van der Waals surface area contributed by atoms with Crippen molar-refractivity contribution in [2.75, 3.05) is 37.5 Å². The van der Waals surface area contributed by atoms with Gasteiger partial charge in [-0.3, -0.25) is 4.79 Å². The third-order valence-corrected chi connectivity index (χ3v) is 5.92. The zero-order chi connectivity index (χ0) is 24.2. The summed E-state index contributed by atoms with van der Waals surface area (Å²) in [5.74, 6) is 2.27. The number of ether oxygens (including phenoxy) is 2. The summed E-state index contributed by atoms with van der Waals surface area (Å²) in [5, 5.41) is 16.5. The van der Waals surface area contributed by atoms with Crippen LogP contribution in [0.15, 0.2) is 30.3 Å². The molecule has 1 saturated heterocycles. The van der Waals surface area contributed by atoms with Crippen LogP contribution in [-0.4, -0.2) is 49.2 Å². The van der Waals surface area contributed by atoms with Crippen molar-refractivity contribution in [1.82, 2.24) is 15.3 Å². The highest BCUT2D eigenvalue weighted by Gasteiger charge is 2.25. The van der Waals surface area contributed by atoms with Crippen molar-refractivity contribution in [2.45, 2.75) is 32.7 Å². The van der Waals surface area contributed by atoms with Gasteiger partial charge in [0.1, 0.15) is 5.82 Å². The number of aryl methyl sites for hydroxylation is 1. The van der Waals surface area contributed by atoms with Crippen molar-refractivity contribution in [3.63, 3.8) is 0 Å². The molecule has 1 aliphatic rings. The number of carbonyl (C=O) groups excluding carboxylic acids is 1. The second kappa shape index (κ2) is 9.83. The molecule has 9 nitrogen and oxygen atoms in total. The van der Waals surface area contributed by atoms with E-state index in [2.05, 4.69) is 21.6 Å². The molecule has 1 atom stereocenters. The summed E-state index contributed by atoms with van der Waals surface area (Å²) in [5.41, 5.74) is 2.91. The number of nitrogens with zero attached hydrogens (tertiary/aromatic N) is 4. The van der Waals surface area contributed by atoms with Crippen LogP contribution in [0, 0.1) is 18.3 Å². The summed E-state index contributed by atoms with van der Waals surface area (Å²) < 4.78 is 11.0. The lowest BCUT2D eigenvalue weighted by molar-refractivity contribution is -0.119. The number of fused-ring (bicyclic) bond motifs is 1. The molecule has 0 bridgehead atoms. The number of anilines is 3. The Kier molecular flexibility index (Phi) is 6.68. The highest BCUT2D eigenvalue weighted by molar-refractivity contribution is 5.93. The number of benzene rings is 2. The number of aromatic nitrogens is 2. The summed E-state index contributed by atoms with van der Waals surface area (Å²) in [6.07, 6.45) is 1.84. The number of methoxy groups -OCH3 is 2. The van der Waals surface area contributed by atoms with Crippen LogP contribution in [0.5, 0.6) is 11.5 Å². The van der Waals surface area contributed by atoms with Gasteiger partial charge in [-0.1, -0.05) is 6.07 Å². The number of nitriles is 1. The van der Waals surface area contributed by atoms with Gasteiger partial charge in [-0.2, -0.15) is 10.2 Å². The lowest BCUT2D eigenvalue weighted by atomic mass is 10.0. The van der Waals surface area contributed by atoms with E-state index in [4.69, 9.17) is 19.4 Å². The molecule has 0 aliphatic carbocycles. The zero-order valence-corrected chi connectivity index (χ0v) is 19.8. The summed E-state index contributed by atoms with van der Waals surface area (Å²) >= 11 is 0. The van der Waals surface area contributed by atoms with Gasteiger partial charge in [-0.15, -0.1) is 0 Å². The SMILES string of the molecule is COc1cc2nc(Nc3ccc(C)c(C#N)c3)nc(N3CCC[C@@H](NC(C)=O)C3)c2cc1OC. The van der Waals surface area contributed by atoms with Crippen LogP contribution in [-0.2, 0) is 4.79 Å². The van der Waals surface area contributed by atoms with Crippen molar-refractivity contribution in [3.8, 4) is 17.6 Å². The molecule has 2 N–H and O–H groups in total. The number of rotatable bonds is 6. The summed E-state index contributed by atoms with van der Waals surface area (Å²) in [7, 11) is 3.18. The predicted octanol–water partition coefficient (Wildman–Crippen LogP) is 3.68. The van der Waals surface area contributed by atoms with Crippen LogP contribution in [0.25, 0.3) is 10.9 Å². The molecule has 1 aromatic heterocycles. The van der Waals surface area contributed by atoms with E-state index in [9.17, 15) is 10.1 Å². The van der Waals surface area contributed by atoms with Gasteiger partial charge >= 0.3 is 0 Å². The molecule has 2 aromatic carbocycles. The van der Waals surface area contributed by atoms with E-state index in [1.165, 1.54) is 6.92 Å². The fraction of sp³-hybridized carbons (Fsp3) is 0.360. The molecule has 1 aliphatic heterocycles. The maximum absolute atomic E-state index is 11.6. The Balaban J connectivity index is 1.80. The third-order valence-electron chi connectivity index (χ3n) is 5.92. The minimum atomic E-state index is -0.0409. The molecule has 4 rings (SSSR count). The Bertz CT molecular complexity index is 1270. The molecule has 2 heterocycles. The van der Waals surface area contributed by atoms with Crippen molar-refractivity contribution in [2.24, 2.45) is 0 Å². The van der Waals surface area contributed by atoms with Crippen LogP contribution in [0.3, 0.4) is 0 Å². The molecule has 34 heavy (non-hydrogen) atoms. The lowest BCUT2D eigenvalue weighted by Gasteiger charge is -2.34. The first-order valence-corrected chi connectivity index (χ1v) is 11.2. The molecule has 176 valence electrons. The molecule has 3 aromatic rings. The first-order chi connectivity index (χ1) is 16.4. The van der Waals surface area contributed by atoms with Crippen molar-refractivity contribution < 1.29 is 14.3 Å². The van der Waals surface area contributed by atoms with E-state index in [0.29, 0.717) is 35.1 Å². The fourth-order valence-corrected chi connectivity index (χ4v) is 4.26. The van der Waals surface area contributed by atoms with Gasteiger partial charge in [-0.05, 0) is 43.5 Å². The molecule has 0 saturated carbocycles. The Morgan fingerprint density at radius 3 is 2.65 bits per heavy atom. The van der Waals surface area contributed by atoms with E-state index in [-0.39, 0.29) is 11.9 Å². The normalized spacial score (nSPS) is 15.5. The van der Waals surface area contributed by atoms with E-state index < -0.39 is 0 Å². The maximum atomic E-state index is 11.6. The molecule has 1 amide bonds. The number of hydrogen-bond acceptors (Lipinski definition) is 8. The topological polar surface area (TPSA) is 112 Å². The number of piperidine rings is 1. The highest BCUT2D eigenvalue weighted by atomic mass is 16.5. The van der Waals surface area contributed by atoms with Crippen LogP contribution in [0.1, 0.15) is 30.9 Å². The summed E-state index contributed by atoms with van der Waals surface area (Å²) in [4.78, 5) is 23.4. The van der Waals surface area contributed by atoms with E-state index >= 15 is 0 Å². The molecule has 1 fully saturated rings. The van der Waals surface area contributed by atoms with E-state index in [1.54, 1.807) is 20.3 Å². The van der Waals surface area contributed by atoms with Crippen LogP contribution in [0.2, 0.25) is 0 Å².